The number of piperidine rings is 1. The molecule has 2 amide bonds. The van der Waals surface area contributed by atoms with E-state index in [0.29, 0.717) is 62.2 Å². The fraction of sp³-hybridized carbons (Fsp3) is 0.452. The summed E-state index contributed by atoms with van der Waals surface area (Å²) in [5.41, 5.74) is 3.99. The third-order valence-corrected chi connectivity index (χ3v) is 9.41. The van der Waals surface area contributed by atoms with Gasteiger partial charge in [0.05, 0.1) is 22.9 Å². The third kappa shape index (κ3) is 4.07. The van der Waals surface area contributed by atoms with Gasteiger partial charge in [0.25, 0.3) is 5.91 Å². The summed E-state index contributed by atoms with van der Waals surface area (Å²) in [5, 5.41) is 11.8. The van der Waals surface area contributed by atoms with Gasteiger partial charge < -0.3 is 19.8 Å². The van der Waals surface area contributed by atoms with Crippen LogP contribution < -0.4 is 4.90 Å². The lowest BCUT2D eigenvalue weighted by molar-refractivity contribution is -0.134. The molecule has 2 aromatic carbocycles. The molecule has 3 aromatic rings. The second kappa shape index (κ2) is 9.30. The number of pyridine rings is 1. The monoisotopic (exact) mass is 528 g/mol. The van der Waals surface area contributed by atoms with E-state index in [4.69, 9.17) is 0 Å². The lowest BCUT2D eigenvalue weighted by Crippen LogP contribution is -2.51. The average molecular weight is 529 g/mol. The van der Waals surface area contributed by atoms with Gasteiger partial charge >= 0.3 is 0 Å². The van der Waals surface area contributed by atoms with Crippen molar-refractivity contribution < 1.29 is 19.1 Å². The van der Waals surface area contributed by atoms with Gasteiger partial charge in [0.2, 0.25) is 5.91 Å². The maximum absolute atomic E-state index is 14.5. The lowest BCUT2D eigenvalue weighted by atomic mass is 9.72. The Bertz CT molecular complexity index is 1460. The van der Waals surface area contributed by atoms with Crippen molar-refractivity contribution in [3.8, 4) is 0 Å². The summed E-state index contributed by atoms with van der Waals surface area (Å²) in [5.74, 6) is -0.112. The normalized spacial score (nSPS) is 22.4. The summed E-state index contributed by atoms with van der Waals surface area (Å²) in [7, 11) is 0. The number of hydrogen-bond acceptors (Lipinski definition) is 5. The smallest absolute Gasteiger partial charge is 0.257 e. The lowest BCUT2D eigenvalue weighted by Gasteiger charge is -2.44. The van der Waals surface area contributed by atoms with Gasteiger partial charge in [-0.15, -0.1) is 0 Å². The number of amides is 2. The fourth-order valence-corrected chi connectivity index (χ4v) is 7.04. The quantitative estimate of drug-likeness (QED) is 0.563. The van der Waals surface area contributed by atoms with Crippen molar-refractivity contribution in [1.82, 2.24) is 14.8 Å². The molecule has 4 aliphatic rings. The Morgan fingerprint density at radius 3 is 2.41 bits per heavy atom. The van der Waals surface area contributed by atoms with Crippen LogP contribution in [0.5, 0.6) is 0 Å². The molecule has 0 radical (unpaired) electrons. The number of carbonyl (C=O) groups excluding carboxylic acids is 2. The van der Waals surface area contributed by atoms with Crippen molar-refractivity contribution in [2.24, 2.45) is 5.92 Å². The van der Waals surface area contributed by atoms with Crippen LogP contribution in [0.25, 0.3) is 10.9 Å². The van der Waals surface area contributed by atoms with Crippen LogP contribution in [0.4, 0.5) is 10.1 Å². The molecule has 2 aliphatic heterocycles. The molecule has 39 heavy (non-hydrogen) atoms. The number of rotatable bonds is 3. The summed E-state index contributed by atoms with van der Waals surface area (Å²) in [6, 6.07) is 12.8. The zero-order valence-electron chi connectivity index (χ0n) is 22.0. The maximum Gasteiger partial charge on any atom is 0.257 e. The predicted octanol–water partition coefficient (Wildman–Crippen LogP) is 3.52. The molecular formula is C31H33FN4O3. The molecule has 0 bridgehead atoms. The molecule has 1 aromatic heterocycles. The molecule has 1 spiro atoms. The van der Waals surface area contributed by atoms with Crippen molar-refractivity contribution in [2.45, 2.75) is 43.6 Å². The van der Waals surface area contributed by atoms with E-state index in [1.165, 1.54) is 23.3 Å². The second-order valence-electron chi connectivity index (χ2n) is 11.6. The van der Waals surface area contributed by atoms with Crippen LogP contribution in [0, 0.1) is 11.7 Å². The first-order valence-electron chi connectivity index (χ1n) is 14.1. The van der Waals surface area contributed by atoms with Gasteiger partial charge in [-0.3, -0.25) is 14.6 Å². The number of fused-ring (bicyclic) bond motifs is 3. The molecule has 8 heteroatoms. The van der Waals surface area contributed by atoms with E-state index < -0.39 is 6.10 Å². The zero-order valence-corrected chi connectivity index (χ0v) is 22.0. The Morgan fingerprint density at radius 1 is 0.949 bits per heavy atom. The third-order valence-electron chi connectivity index (χ3n) is 9.41. The van der Waals surface area contributed by atoms with Gasteiger partial charge in [0.1, 0.15) is 5.82 Å². The standard InChI is InChI=1S/C31H33FN4O3/c32-22-7-8-26-23(18-22)28(34-11-9-31(10-12-34)25-4-2-1-3-21(25)17-27(31)37)24(19-33-26)30(39)36-15-13-35(14-16-36)29(38)20-5-6-20/h1-4,7-8,18-20,27,37H,5-6,9-17H2. The zero-order chi connectivity index (χ0) is 26.7. The van der Waals surface area contributed by atoms with Crippen LogP contribution in [-0.2, 0) is 16.6 Å². The molecule has 3 heterocycles. The number of aliphatic hydroxyl groups excluding tert-OH is 1. The summed E-state index contributed by atoms with van der Waals surface area (Å²) in [4.78, 5) is 36.8. The SMILES string of the molecule is O=C(c1cnc2ccc(F)cc2c1N1CCC2(CC1)c1ccccc1CC2O)N1CCN(C(=O)C2CC2)CC1. The minimum Gasteiger partial charge on any atom is -0.392 e. The number of nitrogens with zero attached hydrogens (tertiary/aromatic N) is 4. The van der Waals surface area contributed by atoms with Crippen LogP contribution in [0.3, 0.4) is 0 Å². The van der Waals surface area contributed by atoms with Gasteiger partial charge in [-0.05, 0) is 61.4 Å². The molecular weight excluding hydrogens is 495 g/mol. The summed E-state index contributed by atoms with van der Waals surface area (Å²) >= 11 is 0. The number of aliphatic hydroxyl groups is 1. The van der Waals surface area contributed by atoms with E-state index in [-0.39, 0.29) is 29.0 Å². The molecule has 2 aliphatic carbocycles. The topological polar surface area (TPSA) is 77.0 Å². The first-order valence-corrected chi connectivity index (χ1v) is 14.1. The Morgan fingerprint density at radius 2 is 1.67 bits per heavy atom. The van der Waals surface area contributed by atoms with Crippen LogP contribution >= 0.6 is 0 Å². The molecule has 1 unspecified atom stereocenters. The number of carbonyl (C=O) groups is 2. The van der Waals surface area contributed by atoms with Gasteiger partial charge in [0, 0.05) is 62.2 Å². The molecule has 1 saturated carbocycles. The van der Waals surface area contributed by atoms with E-state index in [9.17, 15) is 19.1 Å². The van der Waals surface area contributed by atoms with Crippen molar-refractivity contribution in [3.05, 3.63) is 71.2 Å². The van der Waals surface area contributed by atoms with Crippen LogP contribution in [-0.4, -0.2) is 77.1 Å². The highest BCUT2D eigenvalue weighted by Gasteiger charge is 2.48. The average Bonchev–Trinajstić information content (AvgIpc) is 3.78. The molecule has 2 saturated heterocycles. The van der Waals surface area contributed by atoms with Gasteiger partial charge in [0.15, 0.2) is 0 Å². The Kier molecular flexibility index (Phi) is 5.84. The number of aromatic nitrogens is 1. The molecule has 3 fully saturated rings. The molecule has 1 N–H and O–H groups in total. The number of piperazine rings is 1. The van der Waals surface area contributed by atoms with E-state index in [1.807, 2.05) is 17.0 Å². The first-order chi connectivity index (χ1) is 18.9. The van der Waals surface area contributed by atoms with Crippen molar-refractivity contribution in [1.29, 1.82) is 0 Å². The summed E-state index contributed by atoms with van der Waals surface area (Å²) in [6.07, 6.45) is 5.31. The maximum atomic E-state index is 14.5. The van der Waals surface area contributed by atoms with Crippen molar-refractivity contribution in [2.75, 3.05) is 44.2 Å². The summed E-state index contributed by atoms with van der Waals surface area (Å²) < 4.78 is 14.5. The van der Waals surface area contributed by atoms with Crippen LogP contribution in [0.15, 0.2) is 48.7 Å². The highest BCUT2D eigenvalue weighted by molar-refractivity contribution is 6.07. The minimum absolute atomic E-state index is 0.131. The van der Waals surface area contributed by atoms with Crippen LogP contribution in [0.2, 0.25) is 0 Å². The Balaban J connectivity index is 1.19. The molecule has 1 atom stereocenters. The Hall–Kier alpha value is -3.52. The van der Waals surface area contributed by atoms with E-state index in [0.717, 1.165) is 31.4 Å². The first kappa shape index (κ1) is 24.5. The van der Waals surface area contributed by atoms with E-state index in [2.05, 4.69) is 22.0 Å². The number of benzene rings is 2. The van der Waals surface area contributed by atoms with Gasteiger partial charge in [-0.1, -0.05) is 24.3 Å². The van der Waals surface area contributed by atoms with Gasteiger partial charge in [-0.25, -0.2) is 4.39 Å². The molecule has 7 nitrogen and oxygen atoms in total. The molecule has 7 rings (SSSR count). The van der Waals surface area contributed by atoms with E-state index >= 15 is 0 Å². The molecule has 202 valence electrons. The number of hydrogen-bond donors (Lipinski definition) is 1. The van der Waals surface area contributed by atoms with Crippen molar-refractivity contribution >= 4 is 28.4 Å². The predicted molar refractivity (Wildman–Crippen MR) is 146 cm³/mol. The van der Waals surface area contributed by atoms with E-state index in [1.54, 1.807) is 17.2 Å². The van der Waals surface area contributed by atoms with Crippen LogP contribution in [0.1, 0.15) is 47.2 Å². The minimum atomic E-state index is -0.431. The highest BCUT2D eigenvalue weighted by Crippen LogP contribution is 2.47. The fourth-order valence-electron chi connectivity index (χ4n) is 7.04. The summed E-state index contributed by atoms with van der Waals surface area (Å²) in [6.45, 7) is 3.31. The largest absolute Gasteiger partial charge is 0.392 e. The number of halogens is 1. The highest BCUT2D eigenvalue weighted by atomic mass is 19.1. The second-order valence-corrected chi connectivity index (χ2v) is 11.6. The number of anilines is 1. The Labute approximate surface area is 227 Å². The van der Waals surface area contributed by atoms with Crippen molar-refractivity contribution in [3.63, 3.8) is 0 Å². The van der Waals surface area contributed by atoms with Gasteiger partial charge in [-0.2, -0.15) is 0 Å².